The van der Waals surface area contributed by atoms with Gasteiger partial charge < -0.3 is 19.9 Å². The summed E-state index contributed by atoms with van der Waals surface area (Å²) in [7, 11) is 0. The van der Waals surface area contributed by atoms with E-state index in [-0.39, 0.29) is 51.4 Å². The van der Waals surface area contributed by atoms with Gasteiger partial charge in [-0.1, -0.05) is 23.7 Å². The summed E-state index contributed by atoms with van der Waals surface area (Å²) in [5.41, 5.74) is 2.39. The first-order chi connectivity index (χ1) is 20.7. The molecule has 0 saturated carbocycles. The second kappa shape index (κ2) is 11.8. The number of carboxylic acid groups (broad SMARTS) is 1. The molecule has 0 fully saturated rings. The molecule has 3 heterocycles. The van der Waals surface area contributed by atoms with Crippen molar-refractivity contribution in [3.63, 3.8) is 0 Å². The third-order valence-corrected chi connectivity index (χ3v) is 7.82. The molecule has 4 aromatic rings. The first kappa shape index (κ1) is 31.3. The molecule has 2 aromatic carbocycles. The number of fused-ring (bicyclic) bond motifs is 2. The van der Waals surface area contributed by atoms with Gasteiger partial charge in [0.2, 0.25) is 0 Å². The van der Waals surface area contributed by atoms with Gasteiger partial charge in [0.25, 0.3) is 5.91 Å². The fraction of sp³-hybridized carbons (Fsp3) is 0.375. The van der Waals surface area contributed by atoms with Crippen LogP contribution in [0.1, 0.15) is 77.3 Å². The van der Waals surface area contributed by atoms with Crippen molar-refractivity contribution in [2.45, 2.75) is 72.6 Å². The zero-order valence-electron chi connectivity index (χ0n) is 25.3. The van der Waals surface area contributed by atoms with Gasteiger partial charge in [-0.3, -0.25) is 4.79 Å². The number of aliphatic carboxylic acids is 1. The van der Waals surface area contributed by atoms with Gasteiger partial charge in [-0.25, -0.2) is 23.1 Å². The molecule has 0 spiro atoms. The number of aryl methyl sites for hydroxylation is 2. The molecule has 0 saturated heterocycles. The van der Waals surface area contributed by atoms with E-state index in [0.29, 0.717) is 47.3 Å². The third kappa shape index (κ3) is 5.86. The average Bonchev–Trinajstić information content (AvgIpc) is 3.28. The number of carbonyl (C=O) groups is 2. The van der Waals surface area contributed by atoms with Crippen LogP contribution >= 0.6 is 11.6 Å². The molecular formula is C32H33ClF2N4O5. The molecule has 2 N–H and O–H groups in total. The zero-order chi connectivity index (χ0) is 32.1. The number of hydrogen-bond acceptors (Lipinski definition) is 6. The van der Waals surface area contributed by atoms with E-state index in [2.05, 4.69) is 15.4 Å². The van der Waals surface area contributed by atoms with Gasteiger partial charge in [0, 0.05) is 28.9 Å². The van der Waals surface area contributed by atoms with Crippen molar-refractivity contribution in [1.82, 2.24) is 19.9 Å². The van der Waals surface area contributed by atoms with Crippen LogP contribution in [0, 0.1) is 32.4 Å². The number of halogens is 3. The lowest BCUT2D eigenvalue weighted by Crippen LogP contribution is -2.29. The first-order valence-corrected chi connectivity index (χ1v) is 14.5. The molecule has 1 atom stereocenters. The molecule has 2 aromatic heterocycles. The summed E-state index contributed by atoms with van der Waals surface area (Å²) in [5.74, 6) is -2.71. The Hall–Kier alpha value is -4.09. The largest absolute Gasteiger partial charge is 0.490 e. The van der Waals surface area contributed by atoms with Crippen LogP contribution in [0.5, 0.6) is 5.75 Å². The lowest BCUT2D eigenvalue weighted by atomic mass is 9.91. The van der Waals surface area contributed by atoms with E-state index in [0.717, 1.165) is 0 Å². The van der Waals surface area contributed by atoms with Crippen LogP contribution in [-0.4, -0.2) is 43.8 Å². The average molecular weight is 627 g/mol. The molecule has 1 aliphatic rings. The maximum absolute atomic E-state index is 15.6. The quantitative estimate of drug-likeness (QED) is 0.242. The van der Waals surface area contributed by atoms with E-state index in [1.807, 2.05) is 0 Å². The van der Waals surface area contributed by atoms with E-state index in [1.54, 1.807) is 53.7 Å². The summed E-state index contributed by atoms with van der Waals surface area (Å²) in [6, 6.07) is 5.77. The minimum Gasteiger partial charge on any atom is -0.490 e. The van der Waals surface area contributed by atoms with Gasteiger partial charge in [-0.2, -0.15) is 5.10 Å². The van der Waals surface area contributed by atoms with Crippen LogP contribution in [0.2, 0.25) is 5.02 Å². The summed E-state index contributed by atoms with van der Waals surface area (Å²) >= 11 is 6.70. The summed E-state index contributed by atoms with van der Waals surface area (Å²) in [4.78, 5) is 30.6. The molecule has 0 radical (unpaired) electrons. The van der Waals surface area contributed by atoms with Gasteiger partial charge in [-0.05, 0) is 83.2 Å². The molecule has 44 heavy (non-hydrogen) atoms. The highest BCUT2D eigenvalue weighted by molar-refractivity contribution is 6.36. The lowest BCUT2D eigenvalue weighted by molar-refractivity contribution is -0.160. The highest BCUT2D eigenvalue weighted by Crippen LogP contribution is 2.42. The van der Waals surface area contributed by atoms with Crippen LogP contribution in [0.15, 0.2) is 24.3 Å². The number of benzene rings is 2. The Kier molecular flexibility index (Phi) is 8.39. The second-order valence-corrected chi connectivity index (χ2v) is 12.2. The van der Waals surface area contributed by atoms with Crippen molar-refractivity contribution in [1.29, 1.82) is 0 Å². The number of aromatic nitrogens is 3. The number of amides is 1. The van der Waals surface area contributed by atoms with Crippen LogP contribution in [0.3, 0.4) is 0 Å². The molecule has 0 bridgehead atoms. The fourth-order valence-electron chi connectivity index (χ4n) is 5.44. The normalized spacial score (nSPS) is 13.8. The first-order valence-electron chi connectivity index (χ1n) is 14.2. The second-order valence-electron chi connectivity index (χ2n) is 11.9. The zero-order valence-corrected chi connectivity index (χ0v) is 26.0. The number of rotatable bonds is 7. The number of nitrogens with zero attached hydrogens (tertiary/aromatic N) is 3. The third-order valence-electron chi connectivity index (χ3n) is 7.47. The minimum absolute atomic E-state index is 0.0725. The van der Waals surface area contributed by atoms with E-state index < -0.39 is 29.4 Å². The smallest absolute Gasteiger partial charge is 0.337 e. The Bertz CT molecular complexity index is 1820. The molecule has 0 unspecified atom stereocenters. The molecular weight excluding hydrogens is 594 g/mol. The van der Waals surface area contributed by atoms with Gasteiger partial charge in [0.1, 0.15) is 10.8 Å². The van der Waals surface area contributed by atoms with E-state index in [1.165, 1.54) is 16.6 Å². The van der Waals surface area contributed by atoms with Crippen molar-refractivity contribution in [2.24, 2.45) is 0 Å². The van der Waals surface area contributed by atoms with Crippen molar-refractivity contribution < 1.29 is 33.0 Å². The highest BCUT2D eigenvalue weighted by Gasteiger charge is 2.35. The van der Waals surface area contributed by atoms with Crippen LogP contribution in [0.25, 0.3) is 16.9 Å². The van der Waals surface area contributed by atoms with E-state index in [9.17, 15) is 19.1 Å². The van der Waals surface area contributed by atoms with Gasteiger partial charge in [0.15, 0.2) is 29.0 Å². The SMILES string of the molecule is Cc1cc(CNC(=O)c2nn3c(-c4cc(F)c5c(c4C)CCCO5)c([C@H](OC(C)(C)C)C(=O)O)c(C)nc3c2Cl)ccc1F. The maximum atomic E-state index is 15.6. The van der Waals surface area contributed by atoms with Crippen molar-refractivity contribution in [2.75, 3.05) is 6.61 Å². The number of carboxylic acids is 1. The van der Waals surface area contributed by atoms with Gasteiger partial charge in [-0.15, -0.1) is 0 Å². The Morgan fingerprint density at radius 2 is 1.91 bits per heavy atom. The standard InChI is InChI=1S/C32H33ClF2N4O5/c1-15-12-18(9-10-21(15)34)14-36-30(40)25-24(33)29-37-17(3)23(28(31(41)42)44-32(4,5)6)26(39(29)38-25)20-13-22(35)27-19(16(20)2)8-7-11-43-27/h9-10,12-13,28H,7-8,11,14H2,1-6H3,(H,36,40)(H,41,42)/t28-/m0/s1. The van der Waals surface area contributed by atoms with Crippen LogP contribution in [0.4, 0.5) is 8.78 Å². The molecule has 12 heteroatoms. The summed E-state index contributed by atoms with van der Waals surface area (Å²) in [5, 5.41) is 17.5. The Morgan fingerprint density at radius 1 is 1.18 bits per heavy atom. The lowest BCUT2D eigenvalue weighted by Gasteiger charge is -2.28. The molecule has 0 aliphatic carbocycles. The molecule has 232 valence electrons. The number of hydrogen-bond donors (Lipinski definition) is 2. The number of nitrogens with one attached hydrogen (secondary N) is 1. The number of carbonyl (C=O) groups excluding carboxylic acids is 1. The topological polar surface area (TPSA) is 115 Å². The van der Waals surface area contributed by atoms with Crippen molar-refractivity contribution in [3.8, 4) is 17.0 Å². The van der Waals surface area contributed by atoms with E-state index >= 15 is 4.39 Å². The summed E-state index contributed by atoms with van der Waals surface area (Å²) in [6.07, 6.45) is -0.269. The Morgan fingerprint density at radius 3 is 2.57 bits per heavy atom. The molecule has 5 rings (SSSR count). The van der Waals surface area contributed by atoms with E-state index in [4.69, 9.17) is 21.1 Å². The van der Waals surface area contributed by atoms with Gasteiger partial charge >= 0.3 is 5.97 Å². The Labute approximate surface area is 258 Å². The maximum Gasteiger partial charge on any atom is 0.337 e. The summed E-state index contributed by atoms with van der Waals surface area (Å²) < 4.78 is 42.2. The fourth-order valence-corrected chi connectivity index (χ4v) is 5.68. The predicted molar refractivity (Wildman–Crippen MR) is 160 cm³/mol. The minimum atomic E-state index is -1.52. The van der Waals surface area contributed by atoms with Crippen molar-refractivity contribution >= 4 is 29.1 Å². The number of ether oxygens (including phenoxy) is 2. The molecule has 1 amide bonds. The predicted octanol–water partition coefficient (Wildman–Crippen LogP) is 6.45. The van der Waals surface area contributed by atoms with Crippen LogP contribution in [-0.2, 0) is 22.5 Å². The monoisotopic (exact) mass is 626 g/mol. The molecule has 1 aliphatic heterocycles. The summed E-state index contributed by atoms with van der Waals surface area (Å²) in [6.45, 7) is 10.7. The highest BCUT2D eigenvalue weighted by atomic mass is 35.5. The molecule has 9 nitrogen and oxygen atoms in total. The van der Waals surface area contributed by atoms with Crippen molar-refractivity contribution in [3.05, 3.63) is 80.1 Å². The Balaban J connectivity index is 1.73. The van der Waals surface area contributed by atoms with Crippen LogP contribution < -0.4 is 10.1 Å². The van der Waals surface area contributed by atoms with Gasteiger partial charge in [0.05, 0.1) is 17.9 Å².